The van der Waals surface area contributed by atoms with Crippen LogP contribution in [-0.4, -0.2) is 28.2 Å². The Hall–Kier alpha value is -4.04. The molecule has 0 atom stereocenters. The zero-order valence-corrected chi connectivity index (χ0v) is 22.7. The number of anilines is 1. The summed E-state index contributed by atoms with van der Waals surface area (Å²) in [6.45, 7) is 2.36. The Bertz CT molecular complexity index is 1650. The smallest absolute Gasteiger partial charge is 0.257 e. The van der Waals surface area contributed by atoms with Gasteiger partial charge in [-0.25, -0.2) is 4.98 Å². The van der Waals surface area contributed by atoms with E-state index >= 15 is 0 Å². The number of aromatic nitrogens is 1. The van der Waals surface area contributed by atoms with Gasteiger partial charge in [0.25, 0.3) is 11.8 Å². The van der Waals surface area contributed by atoms with Crippen molar-refractivity contribution < 1.29 is 9.59 Å². The number of carbonyl (C=O) groups is 2. The number of hydrogen-bond acceptors (Lipinski definition) is 5. The monoisotopic (exact) mass is 554 g/mol. The average molecular weight is 555 g/mol. The Morgan fingerprint density at radius 3 is 2.38 bits per heavy atom. The molecule has 3 heterocycles. The lowest BCUT2D eigenvalue weighted by atomic mass is 10.0. The van der Waals surface area contributed by atoms with E-state index in [4.69, 9.17) is 10.7 Å². The molecular formula is C31H27ClN4O2S. The molecule has 3 aromatic carbocycles. The first kappa shape index (κ1) is 26.6. The predicted molar refractivity (Wildman–Crippen MR) is 159 cm³/mol. The molecule has 6 nitrogen and oxygen atoms in total. The van der Waals surface area contributed by atoms with Gasteiger partial charge in [0.2, 0.25) is 0 Å². The second kappa shape index (κ2) is 11.4. The zero-order chi connectivity index (χ0) is 26.1. The molecule has 0 saturated carbocycles. The van der Waals surface area contributed by atoms with Crippen molar-refractivity contribution in [3.8, 4) is 11.3 Å². The van der Waals surface area contributed by atoms with Crippen molar-refractivity contribution >= 4 is 51.5 Å². The topological polar surface area (TPSA) is 88.3 Å². The highest BCUT2D eigenvalue weighted by Crippen LogP contribution is 2.38. The second-order valence-corrected chi connectivity index (χ2v) is 10.5. The van der Waals surface area contributed by atoms with E-state index in [-0.39, 0.29) is 18.3 Å². The third kappa shape index (κ3) is 5.43. The van der Waals surface area contributed by atoms with Crippen LogP contribution in [0.5, 0.6) is 0 Å². The van der Waals surface area contributed by atoms with Gasteiger partial charge in [0.1, 0.15) is 5.00 Å². The van der Waals surface area contributed by atoms with Crippen LogP contribution in [0.15, 0.2) is 91.0 Å². The van der Waals surface area contributed by atoms with Gasteiger partial charge in [-0.05, 0) is 29.7 Å². The van der Waals surface area contributed by atoms with Gasteiger partial charge in [-0.15, -0.1) is 23.7 Å². The van der Waals surface area contributed by atoms with E-state index in [2.05, 4.69) is 22.3 Å². The third-order valence-corrected chi connectivity index (χ3v) is 8.02. The number of primary amides is 1. The van der Waals surface area contributed by atoms with Gasteiger partial charge >= 0.3 is 0 Å². The molecule has 39 heavy (non-hydrogen) atoms. The Kier molecular flexibility index (Phi) is 7.74. The first-order valence-corrected chi connectivity index (χ1v) is 13.4. The van der Waals surface area contributed by atoms with Crippen molar-refractivity contribution in [1.29, 1.82) is 0 Å². The number of halogens is 1. The Labute approximate surface area is 236 Å². The molecule has 0 spiro atoms. The number of nitrogens with one attached hydrogen (secondary N) is 1. The number of nitrogens with two attached hydrogens (primary N) is 1. The lowest BCUT2D eigenvalue weighted by molar-refractivity contribution is 0.0999. The molecule has 0 aliphatic carbocycles. The number of carbonyl (C=O) groups excluding carboxylic acids is 2. The third-order valence-electron chi connectivity index (χ3n) is 6.89. The number of para-hydroxylation sites is 1. The van der Waals surface area contributed by atoms with Gasteiger partial charge in [-0.3, -0.25) is 14.5 Å². The van der Waals surface area contributed by atoms with Crippen molar-refractivity contribution in [2.24, 2.45) is 5.73 Å². The summed E-state index contributed by atoms with van der Waals surface area (Å²) >= 11 is 1.44. The molecule has 0 saturated heterocycles. The van der Waals surface area contributed by atoms with E-state index in [1.54, 1.807) is 0 Å². The number of thiophene rings is 1. The van der Waals surface area contributed by atoms with Crippen molar-refractivity contribution in [1.82, 2.24) is 9.88 Å². The van der Waals surface area contributed by atoms with Gasteiger partial charge in [0.05, 0.1) is 22.3 Å². The zero-order valence-electron chi connectivity index (χ0n) is 21.1. The van der Waals surface area contributed by atoms with Crippen molar-refractivity contribution in [2.45, 2.75) is 19.5 Å². The first-order chi connectivity index (χ1) is 18.6. The van der Waals surface area contributed by atoms with Crippen LogP contribution < -0.4 is 11.1 Å². The van der Waals surface area contributed by atoms with Gasteiger partial charge in [0, 0.05) is 35.5 Å². The molecule has 0 bridgehead atoms. The average Bonchev–Trinajstić information content (AvgIpc) is 3.30. The van der Waals surface area contributed by atoms with Crippen molar-refractivity contribution in [2.75, 3.05) is 11.9 Å². The Morgan fingerprint density at radius 2 is 1.64 bits per heavy atom. The first-order valence-electron chi connectivity index (χ1n) is 12.5. The number of rotatable bonds is 6. The fraction of sp³-hybridized carbons (Fsp3) is 0.129. The highest BCUT2D eigenvalue weighted by atomic mass is 35.5. The molecule has 1 aliphatic rings. The SMILES string of the molecule is Cl.NC(=O)c1c(NC(=O)c2cc(-c3ccccc3)nc3ccccc23)sc2c1CCN(Cc1ccccc1)C2. The number of hydrogen-bond donors (Lipinski definition) is 2. The Morgan fingerprint density at radius 1 is 0.949 bits per heavy atom. The van der Waals surface area contributed by atoms with E-state index in [9.17, 15) is 9.59 Å². The van der Waals surface area contributed by atoms with E-state index in [1.165, 1.54) is 16.9 Å². The summed E-state index contributed by atoms with van der Waals surface area (Å²) in [5.41, 5.74) is 11.3. The number of nitrogens with zero attached hydrogens (tertiary/aromatic N) is 2. The molecule has 196 valence electrons. The molecule has 1 aliphatic heterocycles. The van der Waals surface area contributed by atoms with E-state index in [1.807, 2.05) is 78.9 Å². The molecule has 2 amide bonds. The van der Waals surface area contributed by atoms with Crippen LogP contribution in [0.3, 0.4) is 0 Å². The summed E-state index contributed by atoms with van der Waals surface area (Å²) in [4.78, 5) is 34.5. The second-order valence-electron chi connectivity index (χ2n) is 9.41. The minimum Gasteiger partial charge on any atom is -0.365 e. The fourth-order valence-corrected chi connectivity index (χ4v) is 6.36. The van der Waals surface area contributed by atoms with Crippen LogP contribution in [0.1, 0.15) is 36.7 Å². The van der Waals surface area contributed by atoms with E-state index in [0.717, 1.165) is 40.0 Å². The summed E-state index contributed by atoms with van der Waals surface area (Å²) in [6, 6.07) is 29.5. The molecule has 5 aromatic rings. The van der Waals surface area contributed by atoms with Crippen LogP contribution >= 0.6 is 23.7 Å². The van der Waals surface area contributed by atoms with Gasteiger partial charge < -0.3 is 11.1 Å². The highest BCUT2D eigenvalue weighted by Gasteiger charge is 2.28. The Balaban J connectivity index is 0.00000308. The fourth-order valence-electron chi connectivity index (χ4n) is 5.07. The van der Waals surface area contributed by atoms with Crippen LogP contribution in [0.25, 0.3) is 22.2 Å². The molecule has 0 radical (unpaired) electrons. The van der Waals surface area contributed by atoms with Gasteiger partial charge in [0.15, 0.2) is 0 Å². The molecule has 3 N–H and O–H groups in total. The predicted octanol–water partition coefficient (Wildman–Crippen LogP) is 6.29. The minimum atomic E-state index is -0.515. The van der Waals surface area contributed by atoms with Gasteiger partial charge in [-0.2, -0.15) is 0 Å². The molecular weight excluding hydrogens is 528 g/mol. The minimum absolute atomic E-state index is 0. The summed E-state index contributed by atoms with van der Waals surface area (Å²) in [6.07, 6.45) is 0.711. The van der Waals surface area contributed by atoms with E-state index < -0.39 is 5.91 Å². The maximum atomic E-state index is 13.7. The molecule has 0 unspecified atom stereocenters. The summed E-state index contributed by atoms with van der Waals surface area (Å²) in [5, 5.41) is 4.29. The van der Waals surface area contributed by atoms with Gasteiger partial charge in [-0.1, -0.05) is 78.9 Å². The number of fused-ring (bicyclic) bond motifs is 2. The maximum Gasteiger partial charge on any atom is 0.257 e. The molecule has 2 aromatic heterocycles. The molecule has 0 fully saturated rings. The number of pyridine rings is 1. The lowest BCUT2D eigenvalue weighted by Gasteiger charge is -2.27. The quantitative estimate of drug-likeness (QED) is 0.258. The van der Waals surface area contributed by atoms with Crippen LogP contribution in [0, 0.1) is 0 Å². The summed E-state index contributed by atoms with van der Waals surface area (Å²) < 4.78 is 0. The lowest BCUT2D eigenvalue weighted by Crippen LogP contribution is -2.30. The normalized spacial score (nSPS) is 12.9. The highest BCUT2D eigenvalue weighted by molar-refractivity contribution is 7.17. The van der Waals surface area contributed by atoms with Crippen molar-refractivity contribution in [3.63, 3.8) is 0 Å². The van der Waals surface area contributed by atoms with E-state index in [0.29, 0.717) is 34.8 Å². The maximum absolute atomic E-state index is 13.7. The number of benzene rings is 3. The van der Waals surface area contributed by atoms with Crippen LogP contribution in [0.2, 0.25) is 0 Å². The summed E-state index contributed by atoms with van der Waals surface area (Å²) in [7, 11) is 0. The molecule has 8 heteroatoms. The largest absolute Gasteiger partial charge is 0.365 e. The van der Waals surface area contributed by atoms with Crippen molar-refractivity contribution in [3.05, 3.63) is 118 Å². The number of amides is 2. The summed E-state index contributed by atoms with van der Waals surface area (Å²) in [5.74, 6) is -0.804. The molecule has 6 rings (SSSR count). The van der Waals surface area contributed by atoms with Crippen LogP contribution in [-0.2, 0) is 19.5 Å². The van der Waals surface area contributed by atoms with Crippen LogP contribution in [0.4, 0.5) is 5.00 Å². The standard InChI is InChI=1S/C31H26N4O2S.ClH/c32-29(36)28-23-15-16-35(18-20-9-3-1-4-10-20)19-27(23)38-31(28)34-30(37)24-17-26(21-11-5-2-6-12-21)33-25-14-8-7-13-22(24)25;/h1-14,17H,15-16,18-19H2,(H2,32,36)(H,34,37);1H.